The molecule has 1 aliphatic rings. The fourth-order valence-corrected chi connectivity index (χ4v) is 1.82. The summed E-state index contributed by atoms with van der Waals surface area (Å²) in [6, 6.07) is 6.95. The summed E-state index contributed by atoms with van der Waals surface area (Å²) in [5.41, 5.74) is 5.55. The maximum Gasteiger partial charge on any atom is 0.252 e. The quantitative estimate of drug-likeness (QED) is 0.562. The number of primary sulfonamides is 1. The van der Waals surface area contributed by atoms with Gasteiger partial charge in [0.05, 0.1) is 5.36 Å². The zero-order valence-corrected chi connectivity index (χ0v) is 8.03. The summed E-state index contributed by atoms with van der Waals surface area (Å²) in [6.45, 7) is 0. The summed E-state index contributed by atoms with van der Waals surface area (Å²) in [6.07, 6.45) is 1.34. The monoisotopic (exact) mass is 211 g/mol. The number of hydrogen-bond acceptors (Lipinski definition) is 4. The zero-order chi connectivity index (χ0) is 10.4. The van der Waals surface area contributed by atoms with E-state index < -0.39 is 15.0 Å². The van der Waals surface area contributed by atoms with Gasteiger partial charge in [0.25, 0.3) is 10.0 Å². The third kappa shape index (κ3) is 1.24. The zero-order valence-electron chi connectivity index (χ0n) is 7.21. The van der Waals surface area contributed by atoms with Crippen molar-refractivity contribution in [2.45, 2.75) is 4.99 Å². The van der Waals surface area contributed by atoms with Crippen molar-refractivity contribution in [1.29, 1.82) is 0 Å². The van der Waals surface area contributed by atoms with Gasteiger partial charge in [-0.25, -0.2) is 18.5 Å². The first-order valence-corrected chi connectivity index (χ1v) is 5.46. The second kappa shape index (κ2) is 2.63. The topological polar surface area (TPSA) is 98.5 Å². The Hall–Kier alpha value is -1.24. The second-order valence-electron chi connectivity index (χ2n) is 3.11. The lowest BCUT2D eigenvalue weighted by atomic mass is 10.3. The van der Waals surface area contributed by atoms with Gasteiger partial charge in [0.2, 0.25) is 4.99 Å². The van der Waals surface area contributed by atoms with Crippen molar-refractivity contribution in [2.75, 3.05) is 0 Å². The highest BCUT2D eigenvalue weighted by Gasteiger charge is 2.36. The van der Waals surface area contributed by atoms with E-state index in [2.05, 4.69) is 4.99 Å². The standard InChI is InChI=1S/C8H9N3O2S/c9-8(14(10,12)13)5-6-3-1-2-4-7(6)11-8/h1-5H,9H2,(H2,10,12,13). The van der Waals surface area contributed by atoms with Crippen LogP contribution in [0, 0.1) is 0 Å². The number of rotatable bonds is 1. The molecular weight excluding hydrogens is 202 g/mol. The van der Waals surface area contributed by atoms with Gasteiger partial charge in [-0.3, -0.25) is 5.73 Å². The van der Waals surface area contributed by atoms with Crippen molar-refractivity contribution in [1.82, 2.24) is 0 Å². The maximum absolute atomic E-state index is 11.2. The lowest BCUT2D eigenvalue weighted by Crippen LogP contribution is -2.47. The molecule has 5 nitrogen and oxygen atoms in total. The average Bonchev–Trinajstić information content (AvgIpc) is 2.40. The van der Waals surface area contributed by atoms with Crippen molar-refractivity contribution in [3.8, 4) is 0 Å². The Labute approximate surface area is 80.8 Å². The van der Waals surface area contributed by atoms with Gasteiger partial charge >= 0.3 is 0 Å². The van der Waals surface area contributed by atoms with Crippen LogP contribution in [0.1, 0.15) is 0 Å². The molecule has 0 saturated heterocycles. The van der Waals surface area contributed by atoms with Gasteiger partial charge < -0.3 is 0 Å². The third-order valence-corrected chi connectivity index (χ3v) is 3.17. The summed E-state index contributed by atoms with van der Waals surface area (Å²) >= 11 is 0. The SMILES string of the molecule is NC1(S(N)(=O)=O)C=c2ccccc2=N1. The van der Waals surface area contributed by atoms with Gasteiger partial charge in [0.15, 0.2) is 0 Å². The molecule has 1 aromatic rings. The van der Waals surface area contributed by atoms with Gasteiger partial charge in [-0.2, -0.15) is 0 Å². The molecule has 0 bridgehead atoms. The normalized spacial score (nSPS) is 25.0. The van der Waals surface area contributed by atoms with Crippen LogP contribution in [0.15, 0.2) is 29.3 Å². The minimum Gasteiger partial charge on any atom is -0.290 e. The van der Waals surface area contributed by atoms with Crippen LogP contribution in [-0.2, 0) is 10.0 Å². The third-order valence-electron chi connectivity index (χ3n) is 2.05. The number of nitrogens with zero attached hydrogens (tertiary/aromatic N) is 1. The highest BCUT2D eigenvalue weighted by Crippen LogP contribution is 2.11. The van der Waals surface area contributed by atoms with Crippen LogP contribution in [0.2, 0.25) is 0 Å². The van der Waals surface area contributed by atoms with E-state index in [-0.39, 0.29) is 0 Å². The second-order valence-corrected chi connectivity index (χ2v) is 4.86. The van der Waals surface area contributed by atoms with Crippen LogP contribution in [-0.4, -0.2) is 13.4 Å². The largest absolute Gasteiger partial charge is 0.290 e. The molecule has 0 aliphatic carbocycles. The Kier molecular flexibility index (Phi) is 1.75. The predicted octanol–water partition coefficient (Wildman–Crippen LogP) is -2.00. The predicted molar refractivity (Wildman–Crippen MR) is 51.7 cm³/mol. The molecule has 0 amide bonds. The van der Waals surface area contributed by atoms with E-state index in [1.807, 2.05) is 0 Å². The average molecular weight is 211 g/mol. The smallest absolute Gasteiger partial charge is 0.252 e. The van der Waals surface area contributed by atoms with Crippen LogP contribution in [0.25, 0.3) is 6.08 Å². The molecule has 0 saturated carbocycles. The Morgan fingerprint density at radius 1 is 1.29 bits per heavy atom. The minimum absolute atomic E-state index is 0.545. The number of fused-ring (bicyclic) bond motifs is 1. The van der Waals surface area contributed by atoms with E-state index >= 15 is 0 Å². The molecule has 0 aromatic heterocycles. The van der Waals surface area contributed by atoms with E-state index in [0.717, 1.165) is 0 Å². The van der Waals surface area contributed by atoms with Crippen LogP contribution >= 0.6 is 0 Å². The van der Waals surface area contributed by atoms with Gasteiger partial charge in [-0.15, -0.1) is 0 Å². The van der Waals surface area contributed by atoms with E-state index in [1.165, 1.54) is 6.08 Å². The highest BCUT2D eigenvalue weighted by molar-refractivity contribution is 7.90. The molecule has 2 rings (SSSR count). The summed E-state index contributed by atoms with van der Waals surface area (Å²) in [5.74, 6) is 0. The van der Waals surface area contributed by atoms with Crippen LogP contribution in [0.5, 0.6) is 0 Å². The van der Waals surface area contributed by atoms with Crippen LogP contribution in [0.3, 0.4) is 0 Å². The Morgan fingerprint density at radius 3 is 2.50 bits per heavy atom. The van der Waals surface area contributed by atoms with Crippen molar-refractivity contribution >= 4 is 16.1 Å². The van der Waals surface area contributed by atoms with Crippen molar-refractivity contribution in [3.63, 3.8) is 0 Å². The van der Waals surface area contributed by atoms with Crippen LogP contribution in [0.4, 0.5) is 0 Å². The molecule has 1 aliphatic heterocycles. The Bertz CT molecular complexity index is 556. The summed E-state index contributed by atoms with van der Waals surface area (Å²) < 4.78 is 22.3. The number of sulfonamides is 1. The summed E-state index contributed by atoms with van der Waals surface area (Å²) in [5, 5.41) is 6.21. The molecular formula is C8H9N3O2S. The molecule has 6 heteroatoms. The summed E-state index contributed by atoms with van der Waals surface area (Å²) in [4.78, 5) is 2.06. The molecule has 4 N–H and O–H groups in total. The van der Waals surface area contributed by atoms with Gasteiger partial charge in [0.1, 0.15) is 0 Å². The van der Waals surface area contributed by atoms with E-state index in [1.54, 1.807) is 24.3 Å². The first-order chi connectivity index (χ1) is 6.42. The van der Waals surface area contributed by atoms with E-state index in [4.69, 9.17) is 10.9 Å². The van der Waals surface area contributed by atoms with Gasteiger partial charge in [-0.1, -0.05) is 18.2 Å². The molecule has 1 atom stereocenters. The first-order valence-electron chi connectivity index (χ1n) is 3.91. The Balaban J connectivity index is 2.77. The Morgan fingerprint density at radius 2 is 1.93 bits per heavy atom. The van der Waals surface area contributed by atoms with Crippen molar-refractivity contribution in [3.05, 3.63) is 34.8 Å². The van der Waals surface area contributed by atoms with Gasteiger partial charge in [0, 0.05) is 5.22 Å². The lowest BCUT2D eigenvalue weighted by molar-refractivity contribution is 0.569. The van der Waals surface area contributed by atoms with Crippen molar-refractivity contribution < 1.29 is 8.42 Å². The molecule has 1 unspecified atom stereocenters. The molecule has 0 radical (unpaired) electrons. The fraction of sp³-hybridized carbons (Fsp3) is 0.125. The lowest BCUT2D eigenvalue weighted by Gasteiger charge is -2.14. The summed E-state index contributed by atoms with van der Waals surface area (Å²) in [7, 11) is -3.91. The molecule has 14 heavy (non-hydrogen) atoms. The number of benzene rings is 1. The van der Waals surface area contributed by atoms with Crippen molar-refractivity contribution in [2.24, 2.45) is 15.9 Å². The van der Waals surface area contributed by atoms with E-state index in [0.29, 0.717) is 10.6 Å². The van der Waals surface area contributed by atoms with E-state index in [9.17, 15) is 8.42 Å². The first kappa shape index (κ1) is 9.32. The number of hydrogen-bond donors (Lipinski definition) is 2. The van der Waals surface area contributed by atoms with Gasteiger partial charge in [-0.05, 0) is 12.1 Å². The highest BCUT2D eigenvalue weighted by atomic mass is 32.2. The molecule has 1 aromatic carbocycles. The molecule has 0 spiro atoms. The number of nitrogens with two attached hydrogens (primary N) is 2. The minimum atomic E-state index is -3.91. The van der Waals surface area contributed by atoms with Crippen LogP contribution < -0.4 is 21.4 Å². The molecule has 74 valence electrons. The fourth-order valence-electron chi connectivity index (χ4n) is 1.30. The number of para-hydroxylation sites is 1. The molecule has 0 fully saturated rings. The maximum atomic E-state index is 11.2. The molecule has 1 heterocycles.